The third-order valence-corrected chi connectivity index (χ3v) is 5.51. The summed E-state index contributed by atoms with van der Waals surface area (Å²) in [6, 6.07) is 0. The highest BCUT2D eigenvalue weighted by Gasteiger charge is 2.53. The van der Waals surface area contributed by atoms with E-state index < -0.39 is 11.5 Å². The van der Waals surface area contributed by atoms with Crippen LogP contribution in [-0.4, -0.2) is 39.9 Å². The molecule has 27 heavy (non-hydrogen) atoms. The Kier molecular flexibility index (Phi) is 4.22. The summed E-state index contributed by atoms with van der Waals surface area (Å²) >= 11 is 1.11. The number of nitrogens with zero attached hydrogens (tertiary/aromatic N) is 3. The number of imidazole rings is 1. The third kappa shape index (κ3) is 2.55. The van der Waals surface area contributed by atoms with Gasteiger partial charge in [0.1, 0.15) is 22.0 Å². The Morgan fingerprint density at radius 3 is 2.93 bits per heavy atom. The van der Waals surface area contributed by atoms with E-state index in [1.54, 1.807) is 26.3 Å². The maximum atomic E-state index is 12.6. The topological polar surface area (TPSA) is 73.7 Å². The lowest BCUT2D eigenvalue weighted by atomic mass is 9.84. The molecule has 1 aliphatic carbocycles. The number of carbonyl (C=O) groups is 2. The van der Waals surface area contributed by atoms with Crippen molar-refractivity contribution in [1.29, 1.82) is 0 Å². The van der Waals surface area contributed by atoms with Crippen molar-refractivity contribution in [2.45, 2.75) is 30.8 Å². The molecule has 0 N–H and O–H groups in total. The maximum absolute atomic E-state index is 12.6. The monoisotopic (exact) mass is 385 g/mol. The van der Waals surface area contributed by atoms with Gasteiger partial charge in [-0.25, -0.2) is 9.78 Å². The second-order valence-electron chi connectivity index (χ2n) is 6.26. The van der Waals surface area contributed by atoms with Crippen LogP contribution in [0.15, 0.2) is 53.1 Å². The zero-order valence-corrected chi connectivity index (χ0v) is 16.1. The van der Waals surface area contributed by atoms with Gasteiger partial charge in [0.25, 0.3) is 0 Å². The molecule has 1 aromatic rings. The van der Waals surface area contributed by atoms with Gasteiger partial charge in [-0.3, -0.25) is 14.3 Å². The summed E-state index contributed by atoms with van der Waals surface area (Å²) in [5, 5.41) is 0.665. The summed E-state index contributed by atoms with van der Waals surface area (Å²) in [7, 11) is 1.62. The first-order valence-electron chi connectivity index (χ1n) is 8.61. The van der Waals surface area contributed by atoms with Crippen LogP contribution in [-0.2, 0) is 19.1 Å². The third-order valence-electron chi connectivity index (χ3n) is 4.72. The normalized spacial score (nSPS) is 22.2. The molecule has 3 aliphatic rings. The van der Waals surface area contributed by atoms with Gasteiger partial charge in [0, 0.05) is 19.4 Å². The summed E-state index contributed by atoms with van der Waals surface area (Å²) in [4.78, 5) is 30.7. The highest BCUT2D eigenvalue weighted by molar-refractivity contribution is 8.13. The van der Waals surface area contributed by atoms with Crippen LogP contribution in [0.4, 0.5) is 5.95 Å². The van der Waals surface area contributed by atoms with Crippen molar-refractivity contribution in [3.8, 4) is 0 Å². The van der Waals surface area contributed by atoms with E-state index >= 15 is 0 Å². The summed E-state index contributed by atoms with van der Waals surface area (Å²) in [6.45, 7) is 3.58. The first-order valence-corrected chi connectivity index (χ1v) is 9.43. The highest BCUT2D eigenvalue weighted by Crippen LogP contribution is 2.52. The van der Waals surface area contributed by atoms with Crippen molar-refractivity contribution < 1.29 is 19.1 Å². The predicted molar refractivity (Wildman–Crippen MR) is 102 cm³/mol. The first kappa shape index (κ1) is 17.7. The van der Waals surface area contributed by atoms with Gasteiger partial charge in [0.05, 0.1) is 25.6 Å². The number of hydrogen-bond acceptors (Lipinski definition) is 7. The minimum Gasteiger partial charge on any atom is -0.497 e. The Morgan fingerprint density at radius 2 is 2.22 bits per heavy atom. The van der Waals surface area contributed by atoms with Gasteiger partial charge < -0.3 is 9.47 Å². The van der Waals surface area contributed by atoms with Crippen LogP contribution < -0.4 is 4.90 Å². The molecule has 4 rings (SSSR count). The van der Waals surface area contributed by atoms with Gasteiger partial charge in [0.2, 0.25) is 5.95 Å². The van der Waals surface area contributed by atoms with Gasteiger partial charge in [-0.2, -0.15) is 0 Å². The van der Waals surface area contributed by atoms with E-state index in [1.807, 2.05) is 33.8 Å². The van der Waals surface area contributed by atoms with Crippen LogP contribution in [0.2, 0.25) is 0 Å². The van der Waals surface area contributed by atoms with Crippen LogP contribution in [0.3, 0.4) is 0 Å². The zero-order valence-electron chi connectivity index (χ0n) is 15.3. The van der Waals surface area contributed by atoms with Crippen molar-refractivity contribution in [2.75, 3.05) is 18.6 Å². The number of ether oxygens (including phenoxy) is 2. The highest BCUT2D eigenvalue weighted by atomic mass is 32.2. The Morgan fingerprint density at radius 1 is 1.41 bits per heavy atom. The van der Waals surface area contributed by atoms with Gasteiger partial charge >= 0.3 is 5.97 Å². The lowest BCUT2D eigenvalue weighted by Gasteiger charge is -2.40. The molecular formula is C19H19N3O4S. The number of anilines is 1. The van der Waals surface area contributed by atoms with Crippen LogP contribution in [0.1, 0.15) is 20.3 Å². The molecule has 1 atom stereocenters. The summed E-state index contributed by atoms with van der Waals surface area (Å²) in [5.74, 6) is 0.912. The molecule has 0 aromatic carbocycles. The average molecular weight is 385 g/mol. The molecule has 0 radical (unpaired) electrons. The second-order valence-corrected chi connectivity index (χ2v) is 7.46. The molecule has 0 saturated heterocycles. The Bertz CT molecular complexity index is 956. The van der Waals surface area contributed by atoms with Crippen molar-refractivity contribution in [2.24, 2.45) is 0 Å². The SMILES string of the molecule is CCOC(=O)C1=CC=CC23CC=C(OC)C=C2n2c(SC(C)=O)cnc2N13. The Balaban J connectivity index is 1.91. The van der Waals surface area contributed by atoms with Crippen LogP contribution in [0.25, 0.3) is 5.70 Å². The number of methoxy groups -OCH3 is 1. The molecule has 0 amide bonds. The average Bonchev–Trinajstić information content (AvgIpc) is 3.16. The quantitative estimate of drug-likeness (QED) is 0.583. The number of hydrogen-bond donors (Lipinski definition) is 0. The van der Waals surface area contributed by atoms with E-state index in [0.29, 0.717) is 23.1 Å². The van der Waals surface area contributed by atoms with Gasteiger partial charge in [-0.05, 0) is 30.8 Å². The Hall–Kier alpha value is -2.74. The molecule has 0 bridgehead atoms. The molecule has 0 fully saturated rings. The molecule has 1 spiro atoms. The van der Waals surface area contributed by atoms with Crippen LogP contribution >= 0.6 is 11.8 Å². The predicted octanol–water partition coefficient (Wildman–Crippen LogP) is 2.87. The number of thioether (sulfide) groups is 1. The fourth-order valence-electron chi connectivity index (χ4n) is 3.68. The molecule has 8 heteroatoms. The molecule has 1 aromatic heterocycles. The van der Waals surface area contributed by atoms with Crippen molar-refractivity contribution in [3.05, 3.63) is 48.0 Å². The van der Waals surface area contributed by atoms with Crippen molar-refractivity contribution in [1.82, 2.24) is 9.55 Å². The van der Waals surface area contributed by atoms with E-state index in [2.05, 4.69) is 4.98 Å². The van der Waals surface area contributed by atoms with Crippen molar-refractivity contribution in [3.63, 3.8) is 0 Å². The molecule has 140 valence electrons. The smallest absolute Gasteiger partial charge is 0.355 e. The standard InChI is InChI=1S/C19H19N3O4S/c1-4-26-17(24)14-6-5-8-19-9-7-13(25-3)10-15(19)21-16(27-12(2)23)11-20-18(21)22(14)19/h5-8,10-11H,4,9H2,1-3H3. The van der Waals surface area contributed by atoms with E-state index in [9.17, 15) is 9.59 Å². The lowest BCUT2D eigenvalue weighted by Crippen LogP contribution is -2.48. The fourth-order valence-corrected chi connectivity index (χ4v) is 4.35. The fraction of sp³-hybridized carbons (Fsp3) is 0.316. The minimum absolute atomic E-state index is 0.0350. The number of fused-ring (bicyclic) bond motifs is 3. The van der Waals surface area contributed by atoms with E-state index in [4.69, 9.17) is 9.47 Å². The number of rotatable bonds is 4. The van der Waals surface area contributed by atoms with Crippen LogP contribution in [0, 0.1) is 0 Å². The van der Waals surface area contributed by atoms with Crippen LogP contribution in [0.5, 0.6) is 0 Å². The summed E-state index contributed by atoms with van der Waals surface area (Å²) < 4.78 is 12.6. The zero-order chi connectivity index (χ0) is 19.2. The van der Waals surface area contributed by atoms with Gasteiger partial charge in [-0.1, -0.05) is 12.2 Å². The number of esters is 1. The van der Waals surface area contributed by atoms with Gasteiger partial charge in [0.15, 0.2) is 5.12 Å². The first-order chi connectivity index (χ1) is 13.0. The number of allylic oxidation sites excluding steroid dienone is 3. The van der Waals surface area contributed by atoms with Crippen molar-refractivity contribution >= 4 is 34.5 Å². The lowest BCUT2D eigenvalue weighted by molar-refractivity contribution is -0.138. The van der Waals surface area contributed by atoms with E-state index in [1.165, 1.54) is 6.92 Å². The van der Waals surface area contributed by atoms with E-state index in [0.717, 1.165) is 23.2 Å². The molecular weight excluding hydrogens is 366 g/mol. The molecule has 3 heterocycles. The summed E-state index contributed by atoms with van der Waals surface area (Å²) in [6.07, 6.45) is 11.8. The molecule has 2 aliphatic heterocycles. The van der Waals surface area contributed by atoms with Gasteiger partial charge in [-0.15, -0.1) is 0 Å². The Labute approximate surface area is 161 Å². The largest absolute Gasteiger partial charge is 0.497 e. The van der Waals surface area contributed by atoms with E-state index in [-0.39, 0.29) is 11.7 Å². The number of carbonyl (C=O) groups excluding carboxylic acids is 2. The number of aromatic nitrogens is 2. The summed E-state index contributed by atoms with van der Waals surface area (Å²) in [5.41, 5.74) is 0.710. The second kappa shape index (κ2) is 6.45. The molecule has 7 nitrogen and oxygen atoms in total. The maximum Gasteiger partial charge on any atom is 0.355 e. The molecule has 1 unspecified atom stereocenters. The molecule has 0 saturated carbocycles. The minimum atomic E-state index is -0.603.